The van der Waals surface area contributed by atoms with Gasteiger partial charge in [0.25, 0.3) is 0 Å². The van der Waals surface area contributed by atoms with E-state index in [0.717, 1.165) is 11.3 Å². The second-order valence-electron chi connectivity index (χ2n) is 4.20. The molecule has 0 saturated heterocycles. The van der Waals surface area contributed by atoms with Crippen LogP contribution in [0.3, 0.4) is 0 Å². The molecule has 2 aromatic rings. The molecule has 0 amide bonds. The Balaban J connectivity index is 1.91. The fourth-order valence-corrected chi connectivity index (χ4v) is 1.80. The zero-order chi connectivity index (χ0) is 14.4. The highest BCUT2D eigenvalue weighted by Crippen LogP contribution is 2.18. The Kier molecular flexibility index (Phi) is 5.21. The van der Waals surface area contributed by atoms with Gasteiger partial charge >= 0.3 is 0 Å². The molecule has 0 aliphatic heterocycles. The summed E-state index contributed by atoms with van der Waals surface area (Å²) in [4.78, 5) is 0. The number of rotatable bonds is 6. The van der Waals surface area contributed by atoms with Crippen LogP contribution in [0.2, 0.25) is 5.02 Å². The molecule has 0 heterocycles. The van der Waals surface area contributed by atoms with E-state index in [-0.39, 0.29) is 18.2 Å². The molecule has 0 atom stereocenters. The molecule has 0 aromatic heterocycles. The average molecular weight is 296 g/mol. The van der Waals surface area contributed by atoms with Gasteiger partial charge in [-0.15, -0.1) is 0 Å². The molecule has 0 aliphatic carbocycles. The fourth-order valence-electron chi connectivity index (χ4n) is 1.69. The zero-order valence-corrected chi connectivity index (χ0v) is 11.5. The van der Waals surface area contributed by atoms with Gasteiger partial charge < -0.3 is 15.2 Å². The van der Waals surface area contributed by atoms with Crippen LogP contribution in [0.15, 0.2) is 42.5 Å². The van der Waals surface area contributed by atoms with E-state index in [1.165, 1.54) is 6.07 Å². The monoisotopic (exact) mass is 295 g/mol. The highest BCUT2D eigenvalue weighted by molar-refractivity contribution is 6.30. The topological polar surface area (TPSA) is 41.5 Å². The molecule has 0 radical (unpaired) electrons. The van der Waals surface area contributed by atoms with Crippen molar-refractivity contribution in [2.75, 3.05) is 18.5 Å². The van der Waals surface area contributed by atoms with E-state index < -0.39 is 5.82 Å². The van der Waals surface area contributed by atoms with Crippen LogP contribution in [-0.4, -0.2) is 18.3 Å². The summed E-state index contributed by atoms with van der Waals surface area (Å²) in [5, 5.41) is 12.0. The average Bonchev–Trinajstić information content (AvgIpc) is 2.47. The first kappa shape index (κ1) is 14.6. The Bertz CT molecular complexity index is 560. The summed E-state index contributed by atoms with van der Waals surface area (Å²) in [6, 6.07) is 12.1. The quantitative estimate of drug-likeness (QED) is 0.857. The standard InChI is InChI=1S/C15H15ClFNO2/c16-14-6-1-11(9-15(14)17)10-18-12-2-4-13(5-3-12)20-8-7-19/h1-6,9,18-19H,7-8,10H2. The van der Waals surface area contributed by atoms with Crippen molar-refractivity contribution in [1.82, 2.24) is 0 Å². The molecular weight excluding hydrogens is 281 g/mol. The second kappa shape index (κ2) is 7.12. The number of halogens is 2. The van der Waals surface area contributed by atoms with E-state index in [2.05, 4.69) is 5.32 Å². The van der Waals surface area contributed by atoms with Crippen molar-refractivity contribution in [1.29, 1.82) is 0 Å². The lowest BCUT2D eigenvalue weighted by Gasteiger charge is -2.09. The molecule has 3 nitrogen and oxygen atoms in total. The Hall–Kier alpha value is -1.78. The predicted molar refractivity (Wildman–Crippen MR) is 77.8 cm³/mol. The van der Waals surface area contributed by atoms with Crippen molar-refractivity contribution in [3.63, 3.8) is 0 Å². The van der Waals surface area contributed by atoms with Gasteiger partial charge in [0.05, 0.1) is 11.6 Å². The molecule has 0 unspecified atom stereocenters. The number of nitrogens with one attached hydrogen (secondary N) is 1. The highest BCUT2D eigenvalue weighted by Gasteiger charge is 2.01. The largest absolute Gasteiger partial charge is 0.491 e. The van der Waals surface area contributed by atoms with Crippen LogP contribution < -0.4 is 10.1 Å². The van der Waals surface area contributed by atoms with Crippen molar-refractivity contribution in [3.8, 4) is 5.75 Å². The number of anilines is 1. The molecule has 2 rings (SSSR count). The van der Waals surface area contributed by atoms with E-state index in [0.29, 0.717) is 12.3 Å². The van der Waals surface area contributed by atoms with E-state index in [4.69, 9.17) is 21.4 Å². The molecule has 0 fully saturated rings. The third kappa shape index (κ3) is 4.11. The number of ether oxygens (including phenoxy) is 1. The Morgan fingerprint density at radius 3 is 2.55 bits per heavy atom. The van der Waals surface area contributed by atoms with Crippen LogP contribution >= 0.6 is 11.6 Å². The first-order valence-electron chi connectivity index (χ1n) is 6.20. The first-order valence-corrected chi connectivity index (χ1v) is 6.58. The number of benzene rings is 2. The number of aliphatic hydroxyl groups excluding tert-OH is 1. The second-order valence-corrected chi connectivity index (χ2v) is 4.61. The van der Waals surface area contributed by atoms with Gasteiger partial charge in [-0.2, -0.15) is 0 Å². The molecule has 2 aromatic carbocycles. The van der Waals surface area contributed by atoms with Crippen LogP contribution in [0.4, 0.5) is 10.1 Å². The molecule has 0 saturated carbocycles. The van der Waals surface area contributed by atoms with Crippen LogP contribution in [0.25, 0.3) is 0 Å². The van der Waals surface area contributed by atoms with Gasteiger partial charge in [-0.05, 0) is 42.0 Å². The minimum Gasteiger partial charge on any atom is -0.491 e. The van der Waals surface area contributed by atoms with E-state index >= 15 is 0 Å². The lowest BCUT2D eigenvalue weighted by atomic mass is 10.2. The van der Waals surface area contributed by atoms with Gasteiger partial charge in [-0.25, -0.2) is 4.39 Å². The van der Waals surface area contributed by atoms with Gasteiger partial charge in [0, 0.05) is 12.2 Å². The highest BCUT2D eigenvalue weighted by atomic mass is 35.5. The van der Waals surface area contributed by atoms with Gasteiger partial charge in [-0.1, -0.05) is 17.7 Å². The lowest BCUT2D eigenvalue weighted by molar-refractivity contribution is 0.201. The van der Waals surface area contributed by atoms with E-state index in [9.17, 15) is 4.39 Å². The zero-order valence-electron chi connectivity index (χ0n) is 10.8. The molecule has 0 spiro atoms. The van der Waals surface area contributed by atoms with Crippen molar-refractivity contribution in [3.05, 3.63) is 58.9 Å². The molecule has 0 aliphatic rings. The van der Waals surface area contributed by atoms with E-state index in [1.54, 1.807) is 24.3 Å². The molecule has 20 heavy (non-hydrogen) atoms. The summed E-state index contributed by atoms with van der Waals surface area (Å²) in [5.74, 6) is 0.279. The smallest absolute Gasteiger partial charge is 0.142 e. The third-order valence-electron chi connectivity index (χ3n) is 2.69. The first-order chi connectivity index (χ1) is 9.69. The Morgan fingerprint density at radius 2 is 1.90 bits per heavy atom. The summed E-state index contributed by atoms with van der Waals surface area (Å²) >= 11 is 5.63. The van der Waals surface area contributed by atoms with Gasteiger partial charge in [0.2, 0.25) is 0 Å². The SMILES string of the molecule is OCCOc1ccc(NCc2ccc(Cl)c(F)c2)cc1. The van der Waals surface area contributed by atoms with Gasteiger partial charge in [-0.3, -0.25) is 0 Å². The van der Waals surface area contributed by atoms with Crippen molar-refractivity contribution in [2.24, 2.45) is 0 Å². The van der Waals surface area contributed by atoms with Gasteiger partial charge in [0.15, 0.2) is 0 Å². The van der Waals surface area contributed by atoms with Crippen molar-refractivity contribution in [2.45, 2.75) is 6.54 Å². The molecule has 2 N–H and O–H groups in total. The fraction of sp³-hybridized carbons (Fsp3) is 0.200. The normalized spacial score (nSPS) is 10.3. The summed E-state index contributed by atoms with van der Waals surface area (Å²) in [7, 11) is 0. The summed E-state index contributed by atoms with van der Waals surface area (Å²) in [6.07, 6.45) is 0. The van der Waals surface area contributed by atoms with Crippen LogP contribution in [0.1, 0.15) is 5.56 Å². The maximum atomic E-state index is 13.3. The molecule has 5 heteroatoms. The van der Waals surface area contributed by atoms with Crippen LogP contribution in [0.5, 0.6) is 5.75 Å². The van der Waals surface area contributed by atoms with Crippen LogP contribution in [-0.2, 0) is 6.54 Å². The Morgan fingerprint density at radius 1 is 1.15 bits per heavy atom. The maximum Gasteiger partial charge on any atom is 0.142 e. The summed E-state index contributed by atoms with van der Waals surface area (Å²) in [5.41, 5.74) is 1.71. The third-order valence-corrected chi connectivity index (χ3v) is 3.00. The Labute approximate surface area is 122 Å². The van der Waals surface area contributed by atoms with Crippen molar-refractivity contribution >= 4 is 17.3 Å². The minimum absolute atomic E-state index is 0.0118. The lowest BCUT2D eigenvalue weighted by Crippen LogP contribution is -2.02. The molecular formula is C15H15ClFNO2. The number of hydrogen-bond donors (Lipinski definition) is 2. The van der Waals surface area contributed by atoms with Crippen molar-refractivity contribution < 1.29 is 14.2 Å². The molecule has 0 bridgehead atoms. The molecule has 106 valence electrons. The maximum absolute atomic E-state index is 13.3. The predicted octanol–water partition coefficient (Wildman–Crippen LogP) is 3.46. The summed E-state index contributed by atoms with van der Waals surface area (Å²) in [6.45, 7) is 0.768. The number of aliphatic hydroxyl groups is 1. The minimum atomic E-state index is -0.418. The van der Waals surface area contributed by atoms with Crippen LogP contribution in [0, 0.1) is 5.82 Å². The number of hydrogen-bond acceptors (Lipinski definition) is 3. The van der Waals surface area contributed by atoms with Gasteiger partial charge in [0.1, 0.15) is 18.2 Å². The van der Waals surface area contributed by atoms with E-state index in [1.807, 2.05) is 12.1 Å². The summed E-state index contributed by atoms with van der Waals surface area (Å²) < 4.78 is 18.5.